The Labute approximate surface area is 153 Å². The first-order valence-corrected chi connectivity index (χ1v) is 9.24. The summed E-state index contributed by atoms with van der Waals surface area (Å²) in [5, 5.41) is 0. The highest BCUT2D eigenvalue weighted by molar-refractivity contribution is 7.89. The first-order valence-electron chi connectivity index (χ1n) is 7.80. The van der Waals surface area contributed by atoms with E-state index in [9.17, 15) is 26.4 Å². The zero-order chi connectivity index (χ0) is 19.8. The molecule has 0 unspecified atom stereocenters. The fourth-order valence-electron chi connectivity index (χ4n) is 2.68. The van der Waals surface area contributed by atoms with Gasteiger partial charge in [0.25, 0.3) is 10.0 Å². The minimum atomic E-state index is -4.49. The lowest BCUT2D eigenvalue weighted by atomic mass is 10.2. The molecule has 0 aromatic heterocycles. The number of carbonyl (C=O) groups is 1. The number of nitrogens with zero attached hydrogens (tertiary/aromatic N) is 2. The van der Waals surface area contributed by atoms with Crippen molar-refractivity contribution in [2.75, 3.05) is 25.1 Å². The number of methoxy groups -OCH3 is 1. The third-order valence-corrected chi connectivity index (χ3v) is 5.91. The molecular formula is C17H15F3N2O4S. The van der Waals surface area contributed by atoms with Gasteiger partial charge in [0.2, 0.25) is 0 Å². The predicted molar refractivity (Wildman–Crippen MR) is 91.1 cm³/mol. The predicted octanol–water partition coefficient (Wildman–Crippen LogP) is 3.34. The van der Waals surface area contributed by atoms with Crippen LogP contribution in [0.5, 0.6) is 5.75 Å². The summed E-state index contributed by atoms with van der Waals surface area (Å²) in [5.41, 5.74) is -0.652. The van der Waals surface area contributed by atoms with Gasteiger partial charge in [0, 0.05) is 12.2 Å². The highest BCUT2D eigenvalue weighted by Gasteiger charge is 2.39. The van der Waals surface area contributed by atoms with Gasteiger partial charge in [0.15, 0.2) is 0 Å². The van der Waals surface area contributed by atoms with E-state index in [1.54, 1.807) is 0 Å². The second kappa shape index (κ2) is 6.76. The summed E-state index contributed by atoms with van der Waals surface area (Å²) < 4.78 is 69.0. The van der Waals surface area contributed by atoms with E-state index in [1.807, 2.05) is 0 Å². The van der Waals surface area contributed by atoms with E-state index in [2.05, 4.69) is 0 Å². The molecule has 0 N–H and O–H groups in total. The molecule has 6 nitrogen and oxygen atoms in total. The number of hydrogen-bond donors (Lipinski definition) is 0. The maximum absolute atomic E-state index is 12.7. The Morgan fingerprint density at radius 1 is 0.963 bits per heavy atom. The van der Waals surface area contributed by atoms with Crippen molar-refractivity contribution in [2.45, 2.75) is 11.1 Å². The van der Waals surface area contributed by atoms with Gasteiger partial charge < -0.3 is 4.74 Å². The van der Waals surface area contributed by atoms with E-state index in [0.29, 0.717) is 10.1 Å². The Hall–Kier alpha value is -2.75. The van der Waals surface area contributed by atoms with Crippen molar-refractivity contribution in [3.63, 3.8) is 0 Å². The van der Waals surface area contributed by atoms with Gasteiger partial charge in [0.1, 0.15) is 5.75 Å². The topological polar surface area (TPSA) is 66.9 Å². The van der Waals surface area contributed by atoms with Crippen LogP contribution in [0.1, 0.15) is 5.56 Å². The number of sulfonamides is 1. The van der Waals surface area contributed by atoms with Crippen molar-refractivity contribution >= 4 is 21.7 Å². The van der Waals surface area contributed by atoms with Gasteiger partial charge in [-0.15, -0.1) is 0 Å². The van der Waals surface area contributed by atoms with Crippen LogP contribution >= 0.6 is 0 Å². The first kappa shape index (κ1) is 19.0. The molecular weight excluding hydrogens is 385 g/mol. The van der Waals surface area contributed by atoms with Crippen LogP contribution in [0.15, 0.2) is 53.4 Å². The fourth-order valence-corrected chi connectivity index (χ4v) is 4.05. The van der Waals surface area contributed by atoms with Crippen molar-refractivity contribution < 1.29 is 31.1 Å². The van der Waals surface area contributed by atoms with Crippen LogP contribution in [0.2, 0.25) is 0 Å². The first-order chi connectivity index (χ1) is 12.6. The summed E-state index contributed by atoms with van der Waals surface area (Å²) in [6.45, 7) is -0.0617. The lowest BCUT2D eigenvalue weighted by Crippen LogP contribution is -2.36. The van der Waals surface area contributed by atoms with Crippen molar-refractivity contribution in [1.29, 1.82) is 0 Å². The van der Waals surface area contributed by atoms with Crippen LogP contribution in [-0.2, 0) is 16.2 Å². The number of rotatable bonds is 4. The molecule has 0 saturated carbocycles. The van der Waals surface area contributed by atoms with E-state index in [0.717, 1.165) is 29.2 Å². The Morgan fingerprint density at radius 2 is 1.56 bits per heavy atom. The van der Waals surface area contributed by atoms with E-state index < -0.39 is 27.8 Å². The number of hydrogen-bond acceptors (Lipinski definition) is 4. The van der Waals surface area contributed by atoms with Crippen LogP contribution in [0.4, 0.5) is 23.7 Å². The van der Waals surface area contributed by atoms with E-state index in [1.165, 1.54) is 31.4 Å². The average Bonchev–Trinajstić information content (AvgIpc) is 3.03. The van der Waals surface area contributed by atoms with Crippen molar-refractivity contribution in [3.05, 3.63) is 54.1 Å². The minimum Gasteiger partial charge on any atom is -0.497 e. The molecule has 1 aliphatic heterocycles. The smallest absolute Gasteiger partial charge is 0.416 e. The van der Waals surface area contributed by atoms with E-state index in [4.69, 9.17) is 4.74 Å². The molecule has 0 spiro atoms. The highest BCUT2D eigenvalue weighted by Crippen LogP contribution is 2.32. The van der Waals surface area contributed by atoms with Gasteiger partial charge >= 0.3 is 12.2 Å². The molecule has 3 rings (SSSR count). The summed E-state index contributed by atoms with van der Waals surface area (Å²) >= 11 is 0. The molecule has 27 heavy (non-hydrogen) atoms. The summed E-state index contributed by atoms with van der Waals surface area (Å²) in [7, 11) is -2.64. The average molecular weight is 400 g/mol. The normalized spacial score (nSPS) is 15.3. The standard InChI is InChI=1S/C17H15F3N2O4S/c1-26-14-6-8-15(9-7-14)27(24,25)22-11-10-21(16(22)23)13-4-2-12(3-5-13)17(18,19)20/h2-9H,10-11H2,1H3. The third-order valence-electron chi connectivity index (χ3n) is 4.12. The molecule has 1 aliphatic rings. The highest BCUT2D eigenvalue weighted by atomic mass is 32.2. The van der Waals surface area contributed by atoms with Gasteiger partial charge in [-0.2, -0.15) is 13.2 Å². The second-order valence-corrected chi connectivity index (χ2v) is 7.59. The molecule has 1 heterocycles. The maximum Gasteiger partial charge on any atom is 0.416 e. The molecule has 0 bridgehead atoms. The molecule has 2 aromatic rings. The molecule has 0 radical (unpaired) electrons. The number of carbonyl (C=O) groups excluding carboxylic acids is 1. The van der Waals surface area contributed by atoms with Crippen molar-refractivity contribution in [3.8, 4) is 5.75 Å². The number of benzene rings is 2. The van der Waals surface area contributed by atoms with Crippen molar-refractivity contribution in [2.24, 2.45) is 0 Å². The molecule has 0 aliphatic carbocycles. The van der Waals surface area contributed by atoms with Gasteiger partial charge in [-0.3, -0.25) is 4.90 Å². The number of halogens is 3. The quantitative estimate of drug-likeness (QED) is 0.790. The van der Waals surface area contributed by atoms with E-state index in [-0.39, 0.29) is 23.7 Å². The SMILES string of the molecule is COc1ccc(S(=O)(=O)N2CCN(c3ccc(C(F)(F)F)cc3)C2=O)cc1. The van der Waals surface area contributed by atoms with Gasteiger partial charge in [-0.1, -0.05) is 0 Å². The number of urea groups is 1. The fraction of sp³-hybridized carbons (Fsp3) is 0.235. The zero-order valence-electron chi connectivity index (χ0n) is 14.1. The molecule has 2 amide bonds. The van der Waals surface area contributed by atoms with Crippen molar-refractivity contribution in [1.82, 2.24) is 4.31 Å². The Morgan fingerprint density at radius 3 is 2.07 bits per heavy atom. The molecule has 144 valence electrons. The minimum absolute atomic E-state index is 0.0413. The third kappa shape index (κ3) is 3.57. The maximum atomic E-state index is 12.7. The lowest BCUT2D eigenvalue weighted by molar-refractivity contribution is -0.137. The van der Waals surface area contributed by atoms with Crippen LogP contribution < -0.4 is 9.64 Å². The number of alkyl halides is 3. The lowest BCUT2D eigenvalue weighted by Gasteiger charge is -2.19. The van der Waals surface area contributed by atoms with Crippen LogP contribution in [0.3, 0.4) is 0 Å². The number of amides is 2. The summed E-state index contributed by atoms with van der Waals surface area (Å²) in [6.07, 6.45) is -4.49. The Kier molecular flexibility index (Phi) is 4.77. The molecule has 1 fully saturated rings. The molecule has 0 atom stereocenters. The van der Waals surface area contributed by atoms with Gasteiger partial charge in [-0.25, -0.2) is 17.5 Å². The van der Waals surface area contributed by atoms with Gasteiger partial charge in [0.05, 0.1) is 24.1 Å². The summed E-state index contributed by atoms with van der Waals surface area (Å²) in [4.78, 5) is 13.6. The van der Waals surface area contributed by atoms with Crippen LogP contribution in [-0.4, -0.2) is 39.0 Å². The van der Waals surface area contributed by atoms with E-state index >= 15 is 0 Å². The summed E-state index contributed by atoms with van der Waals surface area (Å²) in [6, 6.07) is 8.73. The number of ether oxygens (including phenoxy) is 1. The second-order valence-electron chi connectivity index (χ2n) is 5.73. The summed E-state index contributed by atoms with van der Waals surface area (Å²) in [5.74, 6) is 0.466. The Bertz CT molecular complexity index is 942. The van der Waals surface area contributed by atoms with Gasteiger partial charge in [-0.05, 0) is 48.5 Å². The number of anilines is 1. The molecule has 1 saturated heterocycles. The molecule has 10 heteroatoms. The monoisotopic (exact) mass is 400 g/mol. The Balaban J connectivity index is 1.83. The van der Waals surface area contributed by atoms with Crippen LogP contribution in [0.25, 0.3) is 0 Å². The zero-order valence-corrected chi connectivity index (χ0v) is 14.9. The molecule has 2 aromatic carbocycles. The largest absolute Gasteiger partial charge is 0.497 e. The van der Waals surface area contributed by atoms with Crippen LogP contribution in [0, 0.1) is 0 Å².